The summed E-state index contributed by atoms with van der Waals surface area (Å²) in [7, 11) is -2.28. The highest BCUT2D eigenvalue weighted by atomic mass is 79.9. The van der Waals surface area contributed by atoms with Crippen molar-refractivity contribution < 1.29 is 22.7 Å². The maximum absolute atomic E-state index is 14.1. The van der Waals surface area contributed by atoms with Gasteiger partial charge in [0.1, 0.15) is 18.3 Å². The molecule has 0 aliphatic rings. The maximum Gasteiger partial charge on any atom is 0.244 e. The number of sulfonamides is 1. The first-order chi connectivity index (χ1) is 19.1. The van der Waals surface area contributed by atoms with Gasteiger partial charge in [0.25, 0.3) is 0 Å². The highest BCUT2D eigenvalue weighted by Crippen LogP contribution is 2.28. The number of carbonyl (C=O) groups is 2. The van der Waals surface area contributed by atoms with Crippen LogP contribution in [-0.4, -0.2) is 57.6 Å². The number of nitrogens with zero attached hydrogens (tertiary/aromatic N) is 2. The van der Waals surface area contributed by atoms with Crippen LogP contribution < -0.4 is 14.4 Å². The van der Waals surface area contributed by atoms with Crippen LogP contribution in [0, 0.1) is 0 Å². The van der Waals surface area contributed by atoms with E-state index in [0.29, 0.717) is 22.5 Å². The fraction of sp³-hybridized carbons (Fsp3) is 0.333. The van der Waals surface area contributed by atoms with Gasteiger partial charge in [0.2, 0.25) is 21.8 Å². The minimum absolute atomic E-state index is 0.0856. The predicted octanol–water partition coefficient (Wildman–Crippen LogP) is 4.78. The van der Waals surface area contributed by atoms with Crippen molar-refractivity contribution in [2.45, 2.75) is 38.8 Å². The summed E-state index contributed by atoms with van der Waals surface area (Å²) in [6, 6.07) is 22.7. The van der Waals surface area contributed by atoms with Crippen LogP contribution in [0.2, 0.25) is 0 Å². The summed E-state index contributed by atoms with van der Waals surface area (Å²) in [6.45, 7) is 2.13. The number of unbranched alkanes of at least 4 members (excludes halogenated alkanes) is 1. The van der Waals surface area contributed by atoms with Gasteiger partial charge >= 0.3 is 0 Å². The smallest absolute Gasteiger partial charge is 0.244 e. The fourth-order valence-electron chi connectivity index (χ4n) is 4.28. The zero-order valence-electron chi connectivity index (χ0n) is 23.0. The number of nitrogens with one attached hydrogen (secondary N) is 1. The van der Waals surface area contributed by atoms with Crippen molar-refractivity contribution in [1.82, 2.24) is 10.2 Å². The van der Waals surface area contributed by atoms with Gasteiger partial charge in [0.15, 0.2) is 0 Å². The number of benzene rings is 3. The van der Waals surface area contributed by atoms with Crippen molar-refractivity contribution >= 4 is 43.5 Å². The summed E-state index contributed by atoms with van der Waals surface area (Å²) >= 11 is 3.41. The number of hydrogen-bond donors (Lipinski definition) is 1. The number of hydrogen-bond acceptors (Lipinski definition) is 5. The summed E-state index contributed by atoms with van der Waals surface area (Å²) in [5.74, 6) is -0.182. The molecule has 0 bridgehead atoms. The lowest BCUT2D eigenvalue weighted by molar-refractivity contribution is -0.140. The Hall–Kier alpha value is -3.37. The van der Waals surface area contributed by atoms with E-state index >= 15 is 0 Å². The zero-order valence-corrected chi connectivity index (χ0v) is 25.4. The second-order valence-electron chi connectivity index (χ2n) is 9.44. The molecule has 0 aromatic heterocycles. The van der Waals surface area contributed by atoms with Crippen molar-refractivity contribution in [2.24, 2.45) is 0 Å². The van der Waals surface area contributed by atoms with Gasteiger partial charge < -0.3 is 15.0 Å². The third-order valence-electron chi connectivity index (χ3n) is 6.39. The third kappa shape index (κ3) is 8.82. The van der Waals surface area contributed by atoms with E-state index in [9.17, 15) is 18.0 Å². The minimum Gasteiger partial charge on any atom is -0.497 e. The largest absolute Gasteiger partial charge is 0.497 e. The van der Waals surface area contributed by atoms with E-state index in [1.54, 1.807) is 43.5 Å². The van der Waals surface area contributed by atoms with Crippen LogP contribution in [0.1, 0.15) is 30.9 Å². The van der Waals surface area contributed by atoms with Crippen LogP contribution in [0.5, 0.6) is 5.75 Å². The number of anilines is 1. The topological polar surface area (TPSA) is 96.0 Å². The Labute approximate surface area is 245 Å². The monoisotopic (exact) mass is 629 g/mol. The summed E-state index contributed by atoms with van der Waals surface area (Å²) in [4.78, 5) is 29.2. The normalized spacial score (nSPS) is 11.9. The van der Waals surface area contributed by atoms with Gasteiger partial charge in [0, 0.05) is 24.0 Å². The minimum atomic E-state index is -3.84. The van der Waals surface area contributed by atoms with Gasteiger partial charge in [-0.25, -0.2) is 8.42 Å². The number of carbonyl (C=O) groups excluding carboxylic acids is 2. The Morgan fingerprint density at radius 1 is 0.975 bits per heavy atom. The number of amides is 2. The molecule has 1 N–H and O–H groups in total. The van der Waals surface area contributed by atoms with Gasteiger partial charge in [-0.2, -0.15) is 0 Å². The van der Waals surface area contributed by atoms with E-state index in [1.165, 1.54) is 4.90 Å². The number of ether oxygens (including phenoxy) is 1. The van der Waals surface area contributed by atoms with E-state index in [-0.39, 0.29) is 18.9 Å². The molecule has 214 valence electrons. The molecule has 0 saturated heterocycles. The number of halogens is 1. The molecule has 3 aromatic rings. The molecular weight excluding hydrogens is 594 g/mol. The van der Waals surface area contributed by atoms with Gasteiger partial charge in [-0.1, -0.05) is 67.9 Å². The lowest BCUT2D eigenvalue weighted by Gasteiger charge is -2.33. The van der Waals surface area contributed by atoms with E-state index in [0.717, 1.165) is 34.5 Å². The molecule has 0 unspecified atom stereocenters. The molecule has 0 fully saturated rings. The Bertz CT molecular complexity index is 1380. The molecule has 0 heterocycles. The number of methoxy groups -OCH3 is 1. The Kier molecular flexibility index (Phi) is 11.6. The third-order valence-corrected chi connectivity index (χ3v) is 8.19. The molecule has 3 aromatic carbocycles. The van der Waals surface area contributed by atoms with E-state index in [2.05, 4.69) is 21.2 Å². The SMILES string of the molecule is CCCCNC(=O)[C@@H](Cc1ccccc1)N(Cc1cccc(OC)c1)C(=O)CN(c1ccccc1Br)S(C)(=O)=O. The van der Waals surface area contributed by atoms with Crippen LogP contribution in [0.25, 0.3) is 0 Å². The molecule has 10 heteroatoms. The van der Waals surface area contributed by atoms with E-state index in [1.807, 2.05) is 49.4 Å². The standard InChI is InChI=1S/C30H36BrN3O5S/c1-4-5-18-32-30(36)28(20-23-12-7-6-8-13-23)33(21-24-14-11-15-25(19-24)39-2)29(35)22-34(40(3,37)38)27-17-10-9-16-26(27)31/h6-17,19,28H,4-5,18,20-22H2,1-3H3,(H,32,36)/t28-/m1/s1. The Morgan fingerprint density at radius 3 is 2.30 bits per heavy atom. The molecule has 40 heavy (non-hydrogen) atoms. The molecule has 3 rings (SSSR count). The fourth-order valence-corrected chi connectivity index (χ4v) is 5.75. The second kappa shape index (κ2) is 14.9. The average molecular weight is 631 g/mol. The first-order valence-electron chi connectivity index (χ1n) is 13.1. The summed E-state index contributed by atoms with van der Waals surface area (Å²) in [6.07, 6.45) is 3.04. The number of rotatable bonds is 14. The molecular formula is C30H36BrN3O5S. The average Bonchev–Trinajstić information content (AvgIpc) is 2.94. The molecule has 2 amide bonds. The second-order valence-corrected chi connectivity index (χ2v) is 12.2. The van der Waals surface area contributed by atoms with E-state index in [4.69, 9.17) is 4.74 Å². The van der Waals surface area contributed by atoms with Crippen molar-refractivity contribution in [3.05, 3.63) is 94.5 Å². The van der Waals surface area contributed by atoms with Crippen LogP contribution >= 0.6 is 15.9 Å². The lowest BCUT2D eigenvalue weighted by atomic mass is 10.0. The van der Waals surface area contributed by atoms with Gasteiger partial charge in [-0.05, 0) is 57.7 Å². The summed E-state index contributed by atoms with van der Waals surface area (Å²) in [5.41, 5.74) is 1.97. The Morgan fingerprint density at radius 2 is 1.65 bits per heavy atom. The highest BCUT2D eigenvalue weighted by Gasteiger charge is 2.33. The molecule has 0 aliphatic heterocycles. The van der Waals surface area contributed by atoms with Crippen molar-refractivity contribution in [3.8, 4) is 5.75 Å². The van der Waals surface area contributed by atoms with Crippen LogP contribution in [-0.2, 0) is 32.6 Å². The molecule has 8 nitrogen and oxygen atoms in total. The van der Waals surface area contributed by atoms with Crippen molar-refractivity contribution in [1.29, 1.82) is 0 Å². The maximum atomic E-state index is 14.1. The van der Waals surface area contributed by atoms with E-state index < -0.39 is 28.5 Å². The molecule has 1 atom stereocenters. The molecule has 0 spiro atoms. The Balaban J connectivity index is 2.05. The molecule has 0 radical (unpaired) electrons. The first kappa shape index (κ1) is 31.2. The van der Waals surface area contributed by atoms with Gasteiger partial charge in [-0.3, -0.25) is 13.9 Å². The van der Waals surface area contributed by atoms with Crippen molar-refractivity contribution in [2.75, 3.05) is 30.8 Å². The zero-order chi connectivity index (χ0) is 29.1. The summed E-state index contributed by atoms with van der Waals surface area (Å²) < 4.78 is 32.7. The molecule has 0 saturated carbocycles. The molecule has 0 aliphatic carbocycles. The predicted molar refractivity (Wildman–Crippen MR) is 162 cm³/mol. The summed E-state index contributed by atoms with van der Waals surface area (Å²) in [5, 5.41) is 2.98. The number of para-hydroxylation sites is 1. The van der Waals surface area contributed by atoms with Crippen molar-refractivity contribution in [3.63, 3.8) is 0 Å². The van der Waals surface area contributed by atoms with Crippen LogP contribution in [0.15, 0.2) is 83.3 Å². The first-order valence-corrected chi connectivity index (χ1v) is 15.7. The van der Waals surface area contributed by atoms with Gasteiger partial charge in [-0.15, -0.1) is 0 Å². The van der Waals surface area contributed by atoms with Crippen LogP contribution in [0.3, 0.4) is 0 Å². The highest BCUT2D eigenvalue weighted by molar-refractivity contribution is 9.10. The lowest BCUT2D eigenvalue weighted by Crippen LogP contribution is -2.53. The van der Waals surface area contributed by atoms with Crippen LogP contribution in [0.4, 0.5) is 5.69 Å². The quantitative estimate of drug-likeness (QED) is 0.259. The van der Waals surface area contributed by atoms with Gasteiger partial charge in [0.05, 0.1) is 19.1 Å².